The lowest BCUT2D eigenvalue weighted by Crippen LogP contribution is -2.53. The number of ether oxygens (including phenoxy) is 1. The van der Waals surface area contributed by atoms with Crippen molar-refractivity contribution in [1.29, 1.82) is 0 Å². The molecule has 1 unspecified atom stereocenters. The molecule has 1 fully saturated rings. The van der Waals surface area contributed by atoms with Crippen molar-refractivity contribution in [2.24, 2.45) is 7.05 Å². The van der Waals surface area contributed by atoms with Crippen LogP contribution in [0.5, 0.6) is 0 Å². The normalized spacial score (nSPS) is 15.3. The highest BCUT2D eigenvalue weighted by Crippen LogP contribution is 2.26. The van der Waals surface area contributed by atoms with Gasteiger partial charge in [0.1, 0.15) is 12.9 Å². The van der Waals surface area contributed by atoms with Gasteiger partial charge in [0.25, 0.3) is 11.4 Å². The molecule has 1 aliphatic rings. The third-order valence-electron chi connectivity index (χ3n) is 6.07. The fourth-order valence-electron chi connectivity index (χ4n) is 4.22. The first kappa shape index (κ1) is 26.0. The number of nitrogens with zero attached hydrogens (tertiary/aromatic N) is 8. The molecule has 4 aromatic rings. The Kier molecular flexibility index (Phi) is 8.24. The summed E-state index contributed by atoms with van der Waals surface area (Å²) in [7, 11) is 3.34. The average molecular weight is 505 g/mol. The molecular weight excluding hydrogens is 472 g/mol. The van der Waals surface area contributed by atoms with Gasteiger partial charge in [-0.3, -0.25) is 9.36 Å². The van der Waals surface area contributed by atoms with Crippen molar-refractivity contribution < 1.29 is 9.26 Å². The summed E-state index contributed by atoms with van der Waals surface area (Å²) in [6.45, 7) is 8.72. The molecule has 0 N–H and O–H groups in total. The lowest BCUT2D eigenvalue weighted by Gasteiger charge is -2.42. The Morgan fingerprint density at radius 3 is 2.54 bits per heavy atom. The third kappa shape index (κ3) is 5.67. The van der Waals surface area contributed by atoms with Crippen molar-refractivity contribution in [1.82, 2.24) is 29.7 Å². The van der Waals surface area contributed by atoms with Gasteiger partial charge in [0.2, 0.25) is 11.8 Å². The maximum absolute atomic E-state index is 12.7. The maximum atomic E-state index is 12.7. The zero-order valence-electron chi connectivity index (χ0n) is 21.8. The van der Waals surface area contributed by atoms with Crippen molar-refractivity contribution >= 4 is 11.6 Å². The van der Waals surface area contributed by atoms with E-state index >= 15 is 0 Å². The molecule has 1 aliphatic heterocycles. The Hall–Kier alpha value is -4.12. The Labute approximate surface area is 215 Å². The van der Waals surface area contributed by atoms with Gasteiger partial charge < -0.3 is 19.1 Å². The number of methoxy groups -OCH3 is 1. The molecule has 0 radical (unpaired) electrons. The second-order valence-electron chi connectivity index (χ2n) is 8.41. The second-order valence-corrected chi connectivity index (χ2v) is 8.41. The predicted molar refractivity (Wildman–Crippen MR) is 141 cm³/mol. The van der Waals surface area contributed by atoms with E-state index in [4.69, 9.17) is 14.2 Å². The largest absolute Gasteiger partial charge is 0.375 e. The molecule has 0 amide bonds. The minimum Gasteiger partial charge on any atom is -0.375 e. The summed E-state index contributed by atoms with van der Waals surface area (Å²) in [6.07, 6.45) is 3.10. The van der Waals surface area contributed by atoms with Crippen LogP contribution >= 0.6 is 0 Å². The van der Waals surface area contributed by atoms with Crippen LogP contribution in [-0.4, -0.2) is 62.4 Å². The van der Waals surface area contributed by atoms with Crippen LogP contribution in [-0.2, 0) is 18.4 Å². The first-order chi connectivity index (χ1) is 18.0. The lowest BCUT2D eigenvalue weighted by molar-refractivity contribution is 0.151. The number of anilines is 2. The molecule has 0 spiro atoms. The molecular formula is C26H32N8O3. The van der Waals surface area contributed by atoms with Gasteiger partial charge in [0.05, 0.1) is 11.4 Å². The van der Waals surface area contributed by atoms with Crippen molar-refractivity contribution in [2.45, 2.75) is 33.4 Å². The van der Waals surface area contributed by atoms with E-state index in [9.17, 15) is 4.79 Å². The van der Waals surface area contributed by atoms with Gasteiger partial charge in [-0.05, 0) is 37.3 Å². The highest BCUT2D eigenvalue weighted by atomic mass is 16.5. The number of piperazine rings is 1. The molecule has 1 aromatic carbocycles. The molecule has 3 aromatic heterocycles. The van der Waals surface area contributed by atoms with Gasteiger partial charge in [0.15, 0.2) is 0 Å². The first-order valence-corrected chi connectivity index (χ1v) is 12.3. The van der Waals surface area contributed by atoms with Gasteiger partial charge in [-0.15, -0.1) is 0 Å². The Morgan fingerprint density at radius 2 is 1.86 bits per heavy atom. The first-order valence-electron chi connectivity index (χ1n) is 12.3. The molecule has 0 aliphatic carbocycles. The van der Waals surface area contributed by atoms with E-state index in [-0.39, 0.29) is 18.2 Å². The Morgan fingerprint density at radius 1 is 1.08 bits per heavy atom. The number of benzene rings is 1. The van der Waals surface area contributed by atoms with E-state index in [1.165, 1.54) is 12.4 Å². The molecule has 0 bridgehead atoms. The van der Waals surface area contributed by atoms with E-state index in [0.29, 0.717) is 29.1 Å². The van der Waals surface area contributed by atoms with Gasteiger partial charge in [0, 0.05) is 63.3 Å². The highest BCUT2D eigenvalue weighted by molar-refractivity contribution is 5.61. The van der Waals surface area contributed by atoms with Crippen LogP contribution in [0, 0.1) is 0 Å². The van der Waals surface area contributed by atoms with Gasteiger partial charge in [-0.2, -0.15) is 4.98 Å². The van der Waals surface area contributed by atoms with Crippen LogP contribution < -0.4 is 15.4 Å². The van der Waals surface area contributed by atoms with E-state index < -0.39 is 0 Å². The summed E-state index contributed by atoms with van der Waals surface area (Å²) >= 11 is 0. The van der Waals surface area contributed by atoms with Crippen LogP contribution in [0.1, 0.15) is 26.7 Å². The number of rotatable bonds is 6. The van der Waals surface area contributed by atoms with Crippen molar-refractivity contribution in [2.75, 3.05) is 36.5 Å². The summed E-state index contributed by atoms with van der Waals surface area (Å²) in [5.74, 6) is 1.62. The number of aromatic nitrogens is 6. The van der Waals surface area contributed by atoms with Crippen LogP contribution in [0.25, 0.3) is 22.8 Å². The highest BCUT2D eigenvalue weighted by Gasteiger charge is 2.27. The van der Waals surface area contributed by atoms with E-state index in [1.807, 2.05) is 26.0 Å². The van der Waals surface area contributed by atoms with Crippen molar-refractivity contribution in [3.8, 4) is 22.8 Å². The predicted octanol–water partition coefficient (Wildman–Crippen LogP) is 3.18. The second kappa shape index (κ2) is 11.7. The zero-order valence-corrected chi connectivity index (χ0v) is 21.8. The molecule has 0 saturated carbocycles. The quantitative estimate of drug-likeness (QED) is 0.388. The Balaban J connectivity index is 0.00000156. The number of hydrogen-bond acceptors (Lipinski definition) is 10. The summed E-state index contributed by atoms with van der Waals surface area (Å²) in [5, 5.41) is 4.02. The molecule has 11 nitrogen and oxygen atoms in total. The standard InChI is InChI=1S/C24H26N8O3.C2H6/c1-16-13-31(18-6-4-17(5-7-18)23-28-21(14-34-3)35-29-23)10-11-32(16)24-27-20(12-22(33)30(24)2)19-8-9-25-15-26-19;1-2/h4-9,12,15-16H,10-11,13-14H2,1-3H3;1-2H3. The fourth-order valence-corrected chi connectivity index (χ4v) is 4.22. The summed E-state index contributed by atoms with van der Waals surface area (Å²) in [4.78, 5) is 34.5. The maximum Gasteiger partial charge on any atom is 0.255 e. The lowest BCUT2D eigenvalue weighted by atomic mass is 10.1. The van der Waals surface area contributed by atoms with E-state index in [1.54, 1.807) is 31.0 Å². The molecule has 194 valence electrons. The molecule has 4 heterocycles. The minimum absolute atomic E-state index is 0.121. The van der Waals surface area contributed by atoms with Crippen LogP contribution in [0.2, 0.25) is 0 Å². The van der Waals surface area contributed by atoms with Gasteiger partial charge in [-0.25, -0.2) is 15.0 Å². The molecule has 11 heteroatoms. The zero-order chi connectivity index (χ0) is 26.4. The van der Waals surface area contributed by atoms with Crippen LogP contribution in [0.15, 0.2) is 58.2 Å². The third-order valence-corrected chi connectivity index (χ3v) is 6.07. The molecule has 37 heavy (non-hydrogen) atoms. The van der Waals surface area contributed by atoms with Crippen molar-refractivity contribution in [3.05, 3.63) is 65.2 Å². The van der Waals surface area contributed by atoms with Crippen molar-refractivity contribution in [3.63, 3.8) is 0 Å². The number of hydrogen-bond donors (Lipinski definition) is 0. The molecule has 5 rings (SSSR count). The van der Waals surface area contributed by atoms with E-state index in [2.05, 4.69) is 49.0 Å². The average Bonchev–Trinajstić information content (AvgIpc) is 3.41. The molecule has 1 saturated heterocycles. The monoisotopic (exact) mass is 504 g/mol. The fraction of sp³-hybridized carbons (Fsp3) is 0.385. The summed E-state index contributed by atoms with van der Waals surface area (Å²) in [5.41, 5.74) is 3.04. The van der Waals surface area contributed by atoms with Gasteiger partial charge in [-0.1, -0.05) is 19.0 Å². The SMILES string of the molecule is CC.COCc1nc(-c2ccc(N3CCN(c4nc(-c5ccncn5)cc(=O)n4C)C(C)C3)cc2)no1. The minimum atomic E-state index is -0.121. The Bertz CT molecular complexity index is 1350. The summed E-state index contributed by atoms with van der Waals surface area (Å²) in [6, 6.07) is 11.5. The van der Waals surface area contributed by atoms with Gasteiger partial charge >= 0.3 is 0 Å². The van der Waals surface area contributed by atoms with Crippen LogP contribution in [0.3, 0.4) is 0 Å². The topological polar surface area (TPSA) is 115 Å². The molecule has 1 atom stereocenters. The van der Waals surface area contributed by atoms with E-state index in [0.717, 1.165) is 30.9 Å². The smallest absolute Gasteiger partial charge is 0.255 e. The van der Waals surface area contributed by atoms with Crippen LogP contribution in [0.4, 0.5) is 11.6 Å². The summed E-state index contributed by atoms with van der Waals surface area (Å²) < 4.78 is 11.8.